The molecule has 0 radical (unpaired) electrons. The van der Waals surface area contributed by atoms with Gasteiger partial charge < -0.3 is 10.2 Å². The number of nitrogens with zero attached hydrogens (tertiary/aromatic N) is 4. The van der Waals surface area contributed by atoms with Crippen LogP contribution in [-0.4, -0.2) is 38.9 Å². The molecule has 2 amide bonds. The summed E-state index contributed by atoms with van der Waals surface area (Å²) in [6.07, 6.45) is 1.94. The van der Waals surface area contributed by atoms with Gasteiger partial charge in [0.05, 0.1) is 12.3 Å². The molecule has 6 rings (SSSR count). The number of hydrogen-bond donors (Lipinski definition) is 1. The van der Waals surface area contributed by atoms with Crippen LogP contribution in [0.25, 0.3) is 16.5 Å². The summed E-state index contributed by atoms with van der Waals surface area (Å²) in [5.41, 5.74) is 4.80. The first-order valence-corrected chi connectivity index (χ1v) is 14.4. The molecule has 2 heterocycles. The minimum atomic E-state index is -0.177. The van der Waals surface area contributed by atoms with Gasteiger partial charge in [-0.05, 0) is 65.9 Å². The van der Waals surface area contributed by atoms with Crippen LogP contribution >= 0.6 is 11.8 Å². The van der Waals surface area contributed by atoms with Crippen LogP contribution in [-0.2, 0) is 17.8 Å². The van der Waals surface area contributed by atoms with Gasteiger partial charge in [0, 0.05) is 23.5 Å². The normalized spacial score (nSPS) is 12.8. The molecule has 1 aliphatic heterocycles. The van der Waals surface area contributed by atoms with Gasteiger partial charge in [-0.15, -0.1) is 10.2 Å². The van der Waals surface area contributed by atoms with Crippen molar-refractivity contribution in [3.63, 3.8) is 0 Å². The molecule has 0 saturated heterocycles. The molecule has 0 saturated carbocycles. The van der Waals surface area contributed by atoms with Crippen molar-refractivity contribution < 1.29 is 9.59 Å². The molecular weight excluding hydrogens is 518 g/mol. The summed E-state index contributed by atoms with van der Waals surface area (Å²) in [4.78, 5) is 28.4. The molecule has 40 heavy (non-hydrogen) atoms. The van der Waals surface area contributed by atoms with Crippen LogP contribution in [0.4, 0.5) is 5.69 Å². The number of aryl methyl sites for hydroxylation is 2. The first kappa shape index (κ1) is 25.8. The van der Waals surface area contributed by atoms with E-state index >= 15 is 0 Å². The SMILES string of the molecule is Cc1cccc(-n2c(CNC(=O)c3cccc4ccccc34)nnc2SCC(=O)N2CCCc3ccccc32)c1. The van der Waals surface area contributed by atoms with Crippen LogP contribution in [0.15, 0.2) is 96.2 Å². The molecule has 1 aliphatic rings. The van der Waals surface area contributed by atoms with Gasteiger partial charge in [-0.2, -0.15) is 0 Å². The number of amides is 2. The summed E-state index contributed by atoms with van der Waals surface area (Å²) in [7, 11) is 0. The van der Waals surface area contributed by atoms with Crippen molar-refractivity contribution in [3.05, 3.63) is 114 Å². The van der Waals surface area contributed by atoms with Crippen molar-refractivity contribution in [2.45, 2.75) is 31.5 Å². The highest BCUT2D eigenvalue weighted by atomic mass is 32.2. The minimum absolute atomic E-state index is 0.0433. The smallest absolute Gasteiger partial charge is 0.252 e. The van der Waals surface area contributed by atoms with Gasteiger partial charge in [0.1, 0.15) is 0 Å². The fourth-order valence-corrected chi connectivity index (χ4v) is 6.06. The van der Waals surface area contributed by atoms with E-state index in [4.69, 9.17) is 0 Å². The standard InChI is InChI=1S/C32H29N5O2S/c1-22-9-6-14-25(19-22)37-29(20-33-31(39)27-16-7-12-23-10-2-4-15-26(23)27)34-35-32(37)40-21-30(38)36-18-8-13-24-11-3-5-17-28(24)36/h2-7,9-12,14-17,19H,8,13,18,20-21H2,1H3,(H,33,39). The number of carbonyl (C=O) groups excluding carboxylic acids is 2. The molecule has 0 bridgehead atoms. The predicted octanol–water partition coefficient (Wildman–Crippen LogP) is 5.73. The van der Waals surface area contributed by atoms with E-state index < -0.39 is 0 Å². The third kappa shape index (κ3) is 5.22. The number of aromatic nitrogens is 3. The van der Waals surface area contributed by atoms with Gasteiger partial charge in [0.2, 0.25) is 5.91 Å². The summed E-state index contributed by atoms with van der Waals surface area (Å²) in [5, 5.41) is 14.4. The van der Waals surface area contributed by atoms with Gasteiger partial charge in [0.15, 0.2) is 11.0 Å². The number of para-hydroxylation sites is 1. The number of thioether (sulfide) groups is 1. The van der Waals surface area contributed by atoms with E-state index in [0.29, 0.717) is 23.1 Å². The third-order valence-electron chi connectivity index (χ3n) is 7.14. The van der Waals surface area contributed by atoms with Crippen LogP contribution in [0.1, 0.15) is 33.7 Å². The van der Waals surface area contributed by atoms with Crippen LogP contribution in [0.2, 0.25) is 0 Å². The molecule has 1 aromatic heterocycles. The summed E-state index contributed by atoms with van der Waals surface area (Å²) < 4.78 is 1.93. The summed E-state index contributed by atoms with van der Waals surface area (Å²) in [6.45, 7) is 2.93. The summed E-state index contributed by atoms with van der Waals surface area (Å²) in [5.74, 6) is 0.698. The summed E-state index contributed by atoms with van der Waals surface area (Å²) >= 11 is 1.36. The largest absolute Gasteiger partial charge is 0.345 e. The highest BCUT2D eigenvalue weighted by Gasteiger charge is 2.24. The van der Waals surface area contributed by atoms with Crippen molar-refractivity contribution in [3.8, 4) is 5.69 Å². The molecule has 1 N–H and O–H groups in total. The molecule has 0 atom stereocenters. The van der Waals surface area contributed by atoms with Crippen LogP contribution < -0.4 is 10.2 Å². The van der Waals surface area contributed by atoms with E-state index in [-0.39, 0.29) is 24.1 Å². The van der Waals surface area contributed by atoms with Crippen molar-refractivity contribution >= 4 is 40.0 Å². The maximum atomic E-state index is 13.3. The zero-order valence-corrected chi connectivity index (χ0v) is 23.0. The molecule has 7 nitrogen and oxygen atoms in total. The summed E-state index contributed by atoms with van der Waals surface area (Å²) in [6, 6.07) is 29.7. The van der Waals surface area contributed by atoms with Crippen molar-refractivity contribution in [2.75, 3.05) is 17.2 Å². The van der Waals surface area contributed by atoms with Crippen molar-refractivity contribution in [2.24, 2.45) is 0 Å². The average Bonchev–Trinajstić information content (AvgIpc) is 3.40. The second-order valence-corrected chi connectivity index (χ2v) is 10.8. The topological polar surface area (TPSA) is 80.1 Å². The first-order valence-electron chi connectivity index (χ1n) is 13.4. The molecular formula is C32H29N5O2S. The second kappa shape index (κ2) is 11.4. The van der Waals surface area contributed by atoms with E-state index in [0.717, 1.165) is 40.6 Å². The van der Waals surface area contributed by atoms with Gasteiger partial charge in [0.25, 0.3) is 5.91 Å². The van der Waals surface area contributed by atoms with Crippen LogP contribution in [0.5, 0.6) is 0 Å². The number of anilines is 1. The Kier molecular flexibility index (Phi) is 7.33. The minimum Gasteiger partial charge on any atom is -0.345 e. The third-order valence-corrected chi connectivity index (χ3v) is 8.05. The lowest BCUT2D eigenvalue weighted by Gasteiger charge is -2.29. The van der Waals surface area contributed by atoms with Crippen molar-refractivity contribution in [1.29, 1.82) is 0 Å². The van der Waals surface area contributed by atoms with E-state index in [9.17, 15) is 9.59 Å². The second-order valence-electron chi connectivity index (χ2n) is 9.85. The number of carbonyl (C=O) groups is 2. The molecule has 0 unspecified atom stereocenters. The number of fused-ring (bicyclic) bond motifs is 2. The lowest BCUT2D eigenvalue weighted by atomic mass is 10.0. The molecule has 4 aromatic carbocycles. The molecule has 0 aliphatic carbocycles. The fourth-order valence-electron chi connectivity index (χ4n) is 5.21. The Hall–Kier alpha value is -4.43. The molecule has 200 valence electrons. The average molecular weight is 548 g/mol. The lowest BCUT2D eigenvalue weighted by molar-refractivity contribution is -0.116. The van der Waals surface area contributed by atoms with Crippen LogP contribution in [0, 0.1) is 6.92 Å². The van der Waals surface area contributed by atoms with Crippen LogP contribution in [0.3, 0.4) is 0 Å². The van der Waals surface area contributed by atoms with Gasteiger partial charge >= 0.3 is 0 Å². The zero-order valence-electron chi connectivity index (χ0n) is 22.2. The Morgan fingerprint density at radius 1 is 0.925 bits per heavy atom. The molecule has 0 spiro atoms. The molecule has 5 aromatic rings. The molecule has 8 heteroatoms. The Morgan fingerprint density at radius 2 is 1.73 bits per heavy atom. The van der Waals surface area contributed by atoms with Gasteiger partial charge in [-0.25, -0.2) is 0 Å². The first-order chi connectivity index (χ1) is 19.6. The number of hydrogen-bond acceptors (Lipinski definition) is 5. The fraction of sp³-hybridized carbons (Fsp3) is 0.188. The van der Waals surface area contributed by atoms with Gasteiger partial charge in [-0.3, -0.25) is 14.2 Å². The highest BCUT2D eigenvalue weighted by molar-refractivity contribution is 7.99. The van der Waals surface area contributed by atoms with E-state index in [1.807, 2.05) is 101 Å². The predicted molar refractivity (Wildman–Crippen MR) is 159 cm³/mol. The molecule has 0 fully saturated rings. The maximum absolute atomic E-state index is 13.3. The maximum Gasteiger partial charge on any atom is 0.252 e. The number of rotatable bonds is 7. The Morgan fingerprint density at radius 3 is 2.62 bits per heavy atom. The van der Waals surface area contributed by atoms with Crippen molar-refractivity contribution in [1.82, 2.24) is 20.1 Å². The van der Waals surface area contributed by atoms with E-state index in [1.165, 1.54) is 17.3 Å². The van der Waals surface area contributed by atoms with E-state index in [2.05, 4.69) is 21.6 Å². The number of benzene rings is 4. The van der Waals surface area contributed by atoms with E-state index in [1.54, 1.807) is 0 Å². The highest BCUT2D eigenvalue weighted by Crippen LogP contribution is 2.29. The monoisotopic (exact) mass is 547 g/mol. The Balaban J connectivity index is 1.23. The Labute approximate surface area is 237 Å². The quantitative estimate of drug-likeness (QED) is 0.263. The van der Waals surface area contributed by atoms with Gasteiger partial charge in [-0.1, -0.05) is 78.5 Å². The zero-order chi connectivity index (χ0) is 27.5. The number of nitrogens with one attached hydrogen (secondary N) is 1. The Bertz CT molecular complexity index is 1710. The lowest BCUT2D eigenvalue weighted by Crippen LogP contribution is -2.36.